The third-order valence-electron chi connectivity index (χ3n) is 2.73. The lowest BCUT2D eigenvalue weighted by Crippen LogP contribution is -2.28. The molecule has 0 spiro atoms. The van der Waals surface area contributed by atoms with Crippen LogP contribution in [0.3, 0.4) is 0 Å². The van der Waals surface area contributed by atoms with E-state index in [1.54, 1.807) is 31.1 Å². The smallest absolute Gasteiger partial charge is 0.223 e. The normalized spacial score (nSPS) is 12.3. The van der Waals surface area contributed by atoms with Crippen molar-refractivity contribution in [1.29, 1.82) is 0 Å². The minimum absolute atomic E-state index is 0.0260. The monoisotopic (exact) mass is 272 g/mol. The molecule has 0 aliphatic heterocycles. The van der Waals surface area contributed by atoms with Gasteiger partial charge in [-0.25, -0.2) is 4.39 Å². The van der Waals surface area contributed by atoms with Gasteiger partial charge in [0.2, 0.25) is 5.91 Å². The van der Waals surface area contributed by atoms with Crippen LogP contribution in [0.1, 0.15) is 24.9 Å². The van der Waals surface area contributed by atoms with Crippen LogP contribution in [0.4, 0.5) is 4.39 Å². The predicted molar refractivity (Wildman–Crippen MR) is 71.1 cm³/mol. The molecular weight excluding hydrogens is 255 g/mol. The highest BCUT2D eigenvalue weighted by molar-refractivity contribution is 6.30. The molecule has 0 saturated carbocycles. The second-order valence-corrected chi connectivity index (χ2v) is 4.79. The highest BCUT2D eigenvalue weighted by Gasteiger charge is 2.09. The second-order valence-electron chi connectivity index (χ2n) is 4.39. The third-order valence-corrected chi connectivity index (χ3v) is 3.02. The van der Waals surface area contributed by atoms with Crippen molar-refractivity contribution in [1.82, 2.24) is 10.2 Å². The maximum atomic E-state index is 13.0. The third kappa shape index (κ3) is 4.27. The number of nitrogens with one attached hydrogen (secondary N) is 1. The van der Waals surface area contributed by atoms with Gasteiger partial charge in [0.25, 0.3) is 0 Å². The summed E-state index contributed by atoms with van der Waals surface area (Å²) in [5.74, 6) is -0.345. The fourth-order valence-electron chi connectivity index (χ4n) is 1.52. The van der Waals surface area contributed by atoms with E-state index in [2.05, 4.69) is 5.32 Å². The van der Waals surface area contributed by atoms with E-state index in [0.29, 0.717) is 13.0 Å². The van der Waals surface area contributed by atoms with Gasteiger partial charge in [-0.2, -0.15) is 0 Å². The van der Waals surface area contributed by atoms with Crippen molar-refractivity contribution in [2.24, 2.45) is 0 Å². The van der Waals surface area contributed by atoms with E-state index in [-0.39, 0.29) is 17.0 Å². The minimum Gasteiger partial charge on any atom is -0.349 e. The molecule has 0 aliphatic carbocycles. The Labute approximate surface area is 112 Å². The highest BCUT2D eigenvalue weighted by atomic mass is 35.5. The van der Waals surface area contributed by atoms with Crippen LogP contribution in [-0.2, 0) is 4.79 Å². The Hall–Kier alpha value is -1.13. The summed E-state index contributed by atoms with van der Waals surface area (Å²) in [4.78, 5) is 12.9. The zero-order valence-corrected chi connectivity index (χ0v) is 11.6. The van der Waals surface area contributed by atoms with Crippen molar-refractivity contribution in [3.63, 3.8) is 0 Å². The molecule has 0 saturated heterocycles. The number of nitrogens with zero attached hydrogens (tertiary/aromatic N) is 1. The van der Waals surface area contributed by atoms with Crippen LogP contribution in [0.2, 0.25) is 5.02 Å². The topological polar surface area (TPSA) is 32.3 Å². The van der Waals surface area contributed by atoms with E-state index in [1.165, 1.54) is 6.07 Å². The summed E-state index contributed by atoms with van der Waals surface area (Å²) in [5, 5.41) is 3.32. The molecule has 0 aliphatic rings. The molecule has 0 aromatic heterocycles. The van der Waals surface area contributed by atoms with Crippen molar-refractivity contribution < 1.29 is 9.18 Å². The quantitative estimate of drug-likeness (QED) is 0.894. The standard InChI is InChI=1S/C13H18ClFN2O/c1-9(16-7-6-13(18)17(2)3)10-4-5-12(15)11(14)8-10/h4-5,8-9,16H,6-7H2,1-3H3. The molecule has 0 bridgehead atoms. The van der Waals surface area contributed by atoms with Gasteiger partial charge in [-0.15, -0.1) is 0 Å². The Balaban J connectivity index is 2.48. The number of rotatable bonds is 5. The molecular formula is C13H18ClFN2O. The van der Waals surface area contributed by atoms with Gasteiger partial charge in [0, 0.05) is 33.1 Å². The van der Waals surface area contributed by atoms with E-state index in [1.807, 2.05) is 6.92 Å². The SMILES string of the molecule is CC(NCCC(=O)N(C)C)c1ccc(F)c(Cl)c1. The van der Waals surface area contributed by atoms with E-state index in [4.69, 9.17) is 11.6 Å². The summed E-state index contributed by atoms with van der Waals surface area (Å²) in [5.41, 5.74) is 0.902. The van der Waals surface area contributed by atoms with Crippen molar-refractivity contribution in [2.75, 3.05) is 20.6 Å². The van der Waals surface area contributed by atoms with Crippen LogP contribution in [0.5, 0.6) is 0 Å². The summed E-state index contributed by atoms with van der Waals surface area (Å²) in [6, 6.07) is 4.66. The van der Waals surface area contributed by atoms with Gasteiger partial charge in [0.05, 0.1) is 5.02 Å². The van der Waals surface area contributed by atoms with Crippen molar-refractivity contribution in [3.8, 4) is 0 Å². The first-order valence-electron chi connectivity index (χ1n) is 5.80. The molecule has 1 unspecified atom stereocenters. The fraction of sp³-hybridized carbons (Fsp3) is 0.462. The molecule has 18 heavy (non-hydrogen) atoms. The number of benzene rings is 1. The van der Waals surface area contributed by atoms with Gasteiger partial charge in [0.15, 0.2) is 0 Å². The number of halogens is 2. The number of carbonyl (C=O) groups is 1. The largest absolute Gasteiger partial charge is 0.349 e. The predicted octanol–water partition coefficient (Wildman–Crippen LogP) is 2.61. The van der Waals surface area contributed by atoms with Gasteiger partial charge in [-0.3, -0.25) is 4.79 Å². The van der Waals surface area contributed by atoms with Gasteiger partial charge in [-0.05, 0) is 24.6 Å². The van der Waals surface area contributed by atoms with Gasteiger partial charge < -0.3 is 10.2 Å². The Morgan fingerprint density at radius 3 is 2.72 bits per heavy atom. The van der Waals surface area contributed by atoms with Gasteiger partial charge in [0.1, 0.15) is 5.82 Å². The molecule has 1 amide bonds. The first kappa shape index (κ1) is 14.9. The molecule has 3 nitrogen and oxygen atoms in total. The van der Waals surface area contributed by atoms with Crippen molar-refractivity contribution in [3.05, 3.63) is 34.6 Å². The zero-order chi connectivity index (χ0) is 13.7. The molecule has 0 fully saturated rings. The van der Waals surface area contributed by atoms with Crippen LogP contribution in [-0.4, -0.2) is 31.4 Å². The average Bonchev–Trinajstić information content (AvgIpc) is 2.32. The minimum atomic E-state index is -0.421. The summed E-state index contributed by atoms with van der Waals surface area (Å²) in [6.45, 7) is 2.52. The number of amides is 1. The lowest BCUT2D eigenvalue weighted by molar-refractivity contribution is -0.128. The second kappa shape index (κ2) is 6.71. The first-order valence-corrected chi connectivity index (χ1v) is 6.18. The molecule has 0 heterocycles. The zero-order valence-electron chi connectivity index (χ0n) is 10.8. The van der Waals surface area contributed by atoms with E-state index in [0.717, 1.165) is 5.56 Å². The lowest BCUT2D eigenvalue weighted by atomic mass is 10.1. The number of hydrogen-bond donors (Lipinski definition) is 1. The summed E-state index contributed by atoms with van der Waals surface area (Å²) >= 11 is 5.72. The molecule has 5 heteroatoms. The molecule has 1 rings (SSSR count). The number of carbonyl (C=O) groups excluding carboxylic acids is 1. The van der Waals surface area contributed by atoms with Gasteiger partial charge >= 0.3 is 0 Å². The molecule has 100 valence electrons. The average molecular weight is 273 g/mol. The Bertz CT molecular complexity index is 423. The summed E-state index contributed by atoms with van der Waals surface area (Å²) in [7, 11) is 3.46. The van der Waals surface area contributed by atoms with Gasteiger partial charge in [-0.1, -0.05) is 17.7 Å². The molecule has 1 N–H and O–H groups in total. The van der Waals surface area contributed by atoms with Crippen LogP contribution < -0.4 is 5.32 Å². The fourth-order valence-corrected chi connectivity index (χ4v) is 1.71. The van der Waals surface area contributed by atoms with Crippen LogP contribution in [0, 0.1) is 5.82 Å². The molecule has 1 atom stereocenters. The van der Waals surface area contributed by atoms with Crippen molar-refractivity contribution in [2.45, 2.75) is 19.4 Å². The van der Waals surface area contributed by atoms with E-state index < -0.39 is 5.82 Å². The summed E-state index contributed by atoms with van der Waals surface area (Å²) in [6.07, 6.45) is 0.437. The maximum Gasteiger partial charge on any atom is 0.223 e. The van der Waals surface area contributed by atoms with E-state index >= 15 is 0 Å². The molecule has 1 aromatic rings. The summed E-state index contributed by atoms with van der Waals surface area (Å²) < 4.78 is 13.0. The van der Waals surface area contributed by atoms with Crippen molar-refractivity contribution >= 4 is 17.5 Å². The molecule has 0 radical (unpaired) electrons. The van der Waals surface area contributed by atoms with Crippen LogP contribution >= 0.6 is 11.6 Å². The van der Waals surface area contributed by atoms with Crippen LogP contribution in [0.25, 0.3) is 0 Å². The number of hydrogen-bond acceptors (Lipinski definition) is 2. The van der Waals surface area contributed by atoms with E-state index in [9.17, 15) is 9.18 Å². The first-order chi connectivity index (χ1) is 8.41. The Morgan fingerprint density at radius 2 is 2.17 bits per heavy atom. The lowest BCUT2D eigenvalue weighted by Gasteiger charge is -2.16. The van der Waals surface area contributed by atoms with Crippen LogP contribution in [0.15, 0.2) is 18.2 Å². The molecule has 1 aromatic carbocycles. The maximum absolute atomic E-state index is 13.0. The Kier molecular flexibility index (Phi) is 5.56. The Morgan fingerprint density at radius 1 is 1.50 bits per heavy atom. The highest BCUT2D eigenvalue weighted by Crippen LogP contribution is 2.20.